The van der Waals surface area contributed by atoms with Gasteiger partial charge >= 0.3 is 0 Å². The quantitative estimate of drug-likeness (QED) is 0.512. The van der Waals surface area contributed by atoms with Crippen molar-refractivity contribution in [2.75, 3.05) is 18.4 Å². The number of nitrogens with one attached hydrogen (secondary N) is 2. The highest BCUT2D eigenvalue weighted by molar-refractivity contribution is 7.13. The summed E-state index contributed by atoms with van der Waals surface area (Å²) >= 11 is 1.27. The Balaban J connectivity index is 2.23. The summed E-state index contributed by atoms with van der Waals surface area (Å²) in [6.07, 6.45) is 4.99. The number of carbonyl (C=O) groups excluding carboxylic acids is 1. The monoisotopic (exact) mass is 196 g/mol. The number of anilines is 1. The average molecular weight is 196 g/mol. The molecule has 1 rings (SSSR count). The summed E-state index contributed by atoms with van der Waals surface area (Å²) in [4.78, 5) is 11.1. The van der Waals surface area contributed by atoms with Gasteiger partial charge in [0.05, 0.1) is 13.1 Å². The van der Waals surface area contributed by atoms with Crippen LogP contribution >= 0.6 is 11.3 Å². The molecule has 0 atom stereocenters. The normalized spacial score (nSPS) is 9.15. The Hall–Kier alpha value is -1.45. The topological polar surface area (TPSA) is 66.9 Å². The van der Waals surface area contributed by atoms with Crippen LogP contribution in [-0.4, -0.2) is 29.2 Å². The molecule has 5 nitrogen and oxygen atoms in total. The van der Waals surface area contributed by atoms with Gasteiger partial charge in [0.2, 0.25) is 11.0 Å². The Morgan fingerprint density at radius 2 is 2.62 bits per heavy atom. The maximum atomic E-state index is 11.1. The molecule has 0 fully saturated rings. The number of nitrogens with zero attached hydrogens (tertiary/aromatic N) is 2. The lowest BCUT2D eigenvalue weighted by atomic mass is 10.5. The van der Waals surface area contributed by atoms with Gasteiger partial charge in [0.1, 0.15) is 5.51 Å². The minimum atomic E-state index is -0.174. The maximum absolute atomic E-state index is 11.1. The van der Waals surface area contributed by atoms with Crippen LogP contribution in [0.2, 0.25) is 0 Å². The average Bonchev–Trinajstić information content (AvgIpc) is 2.57. The van der Waals surface area contributed by atoms with Crippen molar-refractivity contribution in [1.82, 2.24) is 15.5 Å². The van der Waals surface area contributed by atoms with Crippen LogP contribution in [0.1, 0.15) is 0 Å². The molecule has 1 amide bonds. The Labute approximate surface area is 79.6 Å². The molecule has 13 heavy (non-hydrogen) atoms. The van der Waals surface area contributed by atoms with Crippen molar-refractivity contribution in [3.63, 3.8) is 0 Å². The molecule has 1 heterocycles. The van der Waals surface area contributed by atoms with Crippen LogP contribution in [0.15, 0.2) is 5.51 Å². The van der Waals surface area contributed by atoms with E-state index in [4.69, 9.17) is 6.42 Å². The third kappa shape index (κ3) is 3.64. The lowest BCUT2D eigenvalue weighted by Gasteiger charge is -1.99. The number of carbonyl (C=O) groups is 1. The van der Waals surface area contributed by atoms with E-state index < -0.39 is 0 Å². The molecule has 0 radical (unpaired) electrons. The van der Waals surface area contributed by atoms with Gasteiger partial charge in [0.15, 0.2) is 0 Å². The van der Waals surface area contributed by atoms with Gasteiger partial charge in [-0.15, -0.1) is 16.6 Å². The van der Waals surface area contributed by atoms with Crippen LogP contribution in [0.3, 0.4) is 0 Å². The minimum absolute atomic E-state index is 0.174. The number of terminal acetylenes is 1. The molecule has 68 valence electrons. The number of hydrogen-bond acceptors (Lipinski definition) is 5. The first-order valence-corrected chi connectivity index (χ1v) is 4.41. The first-order valence-electron chi connectivity index (χ1n) is 3.53. The fraction of sp³-hybridized carbons (Fsp3) is 0.286. The van der Waals surface area contributed by atoms with Crippen molar-refractivity contribution in [2.24, 2.45) is 0 Å². The lowest BCUT2D eigenvalue weighted by molar-refractivity contribution is -0.115. The lowest BCUT2D eigenvalue weighted by Crippen LogP contribution is -2.28. The standard InChI is InChI=1S/C7H8N4OS/c1-2-3-8-4-6(12)10-7-11-9-5-13-7/h1,5,8H,3-4H2,(H,10,11,12). The highest BCUT2D eigenvalue weighted by Gasteiger charge is 2.02. The third-order valence-electron chi connectivity index (χ3n) is 1.12. The molecule has 0 spiro atoms. The van der Waals surface area contributed by atoms with E-state index in [0.717, 1.165) is 0 Å². The van der Waals surface area contributed by atoms with Gasteiger partial charge in [-0.1, -0.05) is 17.3 Å². The summed E-state index contributed by atoms with van der Waals surface area (Å²) in [5, 5.41) is 13.0. The van der Waals surface area contributed by atoms with Gasteiger partial charge in [-0.3, -0.25) is 15.4 Å². The van der Waals surface area contributed by atoms with Gasteiger partial charge in [-0.25, -0.2) is 0 Å². The van der Waals surface area contributed by atoms with Crippen LogP contribution in [-0.2, 0) is 4.79 Å². The van der Waals surface area contributed by atoms with Gasteiger partial charge in [0, 0.05) is 0 Å². The van der Waals surface area contributed by atoms with Crippen molar-refractivity contribution in [2.45, 2.75) is 0 Å². The molecule has 1 aromatic rings. The van der Waals surface area contributed by atoms with Crippen LogP contribution in [0, 0.1) is 12.3 Å². The highest BCUT2D eigenvalue weighted by Crippen LogP contribution is 2.06. The molecule has 0 aliphatic carbocycles. The smallest absolute Gasteiger partial charge is 0.240 e. The van der Waals surface area contributed by atoms with Gasteiger partial charge in [-0.2, -0.15) is 0 Å². The zero-order valence-corrected chi connectivity index (χ0v) is 7.60. The minimum Gasteiger partial charge on any atom is -0.299 e. The molecule has 0 aromatic carbocycles. The fourth-order valence-electron chi connectivity index (χ4n) is 0.639. The van der Waals surface area contributed by atoms with E-state index in [1.54, 1.807) is 5.51 Å². The second kappa shape index (κ2) is 5.24. The molecule has 6 heteroatoms. The Morgan fingerprint density at radius 1 is 1.77 bits per heavy atom. The van der Waals surface area contributed by atoms with Crippen LogP contribution < -0.4 is 10.6 Å². The Kier molecular flexibility index (Phi) is 3.88. The van der Waals surface area contributed by atoms with E-state index in [9.17, 15) is 4.79 Å². The molecule has 0 saturated heterocycles. The molecule has 0 bridgehead atoms. The predicted molar refractivity (Wildman–Crippen MR) is 50.2 cm³/mol. The summed E-state index contributed by atoms with van der Waals surface area (Å²) in [5.41, 5.74) is 1.55. The number of aromatic nitrogens is 2. The van der Waals surface area contributed by atoms with Gasteiger partial charge < -0.3 is 0 Å². The molecule has 0 aliphatic rings. The molecule has 1 aromatic heterocycles. The summed E-state index contributed by atoms with van der Waals surface area (Å²) in [5.74, 6) is 2.19. The molecule has 0 saturated carbocycles. The van der Waals surface area contributed by atoms with E-state index in [-0.39, 0.29) is 12.5 Å². The summed E-state index contributed by atoms with van der Waals surface area (Å²) in [6.45, 7) is 0.563. The maximum Gasteiger partial charge on any atom is 0.240 e. The van der Waals surface area contributed by atoms with Crippen molar-refractivity contribution < 1.29 is 4.79 Å². The third-order valence-corrected chi connectivity index (χ3v) is 1.73. The molecule has 0 aliphatic heterocycles. The van der Waals surface area contributed by atoms with Gasteiger partial charge in [0.25, 0.3) is 0 Å². The van der Waals surface area contributed by atoms with Crippen molar-refractivity contribution in [3.05, 3.63) is 5.51 Å². The Bertz CT molecular complexity index is 303. The Morgan fingerprint density at radius 3 is 3.23 bits per heavy atom. The second-order valence-electron chi connectivity index (χ2n) is 2.10. The number of rotatable bonds is 4. The number of amides is 1. The first kappa shape index (κ1) is 9.64. The summed E-state index contributed by atoms with van der Waals surface area (Å²) < 4.78 is 0. The second-order valence-corrected chi connectivity index (χ2v) is 2.93. The van der Waals surface area contributed by atoms with Crippen molar-refractivity contribution in [3.8, 4) is 12.3 Å². The first-order chi connectivity index (χ1) is 6.33. The van der Waals surface area contributed by atoms with Gasteiger partial charge in [-0.05, 0) is 0 Å². The van der Waals surface area contributed by atoms with E-state index in [1.165, 1.54) is 11.3 Å². The number of hydrogen-bond donors (Lipinski definition) is 2. The SMILES string of the molecule is C#CCNCC(=O)Nc1nncs1. The zero-order chi connectivity index (χ0) is 9.52. The molecule has 0 unspecified atom stereocenters. The molecular formula is C7H8N4OS. The van der Waals surface area contributed by atoms with E-state index in [1.807, 2.05) is 0 Å². The van der Waals surface area contributed by atoms with Crippen LogP contribution in [0.4, 0.5) is 5.13 Å². The zero-order valence-electron chi connectivity index (χ0n) is 6.78. The highest BCUT2D eigenvalue weighted by atomic mass is 32.1. The predicted octanol–water partition coefficient (Wildman–Crippen LogP) is -0.301. The summed E-state index contributed by atoms with van der Waals surface area (Å²) in [6, 6.07) is 0. The fourth-order valence-corrected chi connectivity index (χ4v) is 1.10. The van der Waals surface area contributed by atoms with E-state index in [0.29, 0.717) is 11.7 Å². The van der Waals surface area contributed by atoms with Crippen LogP contribution in [0.5, 0.6) is 0 Å². The summed E-state index contributed by atoms with van der Waals surface area (Å²) in [7, 11) is 0. The van der Waals surface area contributed by atoms with E-state index >= 15 is 0 Å². The van der Waals surface area contributed by atoms with Crippen molar-refractivity contribution >= 4 is 22.4 Å². The van der Waals surface area contributed by atoms with Crippen LogP contribution in [0.25, 0.3) is 0 Å². The van der Waals surface area contributed by atoms with Crippen molar-refractivity contribution in [1.29, 1.82) is 0 Å². The molecule has 2 N–H and O–H groups in total. The molecular weight excluding hydrogens is 188 g/mol. The van der Waals surface area contributed by atoms with E-state index in [2.05, 4.69) is 26.8 Å². The largest absolute Gasteiger partial charge is 0.299 e.